The number of hydrogen-bond acceptors (Lipinski definition) is 3. The molecule has 0 saturated heterocycles. The van der Waals surface area contributed by atoms with Crippen LogP contribution < -0.4 is 4.74 Å². The fourth-order valence-electron chi connectivity index (χ4n) is 1.59. The Labute approximate surface area is 107 Å². The molecule has 0 unspecified atom stereocenters. The van der Waals surface area contributed by atoms with Crippen molar-refractivity contribution in [3.8, 4) is 5.75 Å². The Morgan fingerprint density at radius 1 is 1.37 bits per heavy atom. The van der Waals surface area contributed by atoms with Gasteiger partial charge in [-0.2, -0.15) is 0 Å². The molecular formula is C13H10F2O4. The number of carbonyl (C=O) groups is 1. The third-order valence-electron chi connectivity index (χ3n) is 2.48. The standard InChI is InChI=1S/C13H10F2O4/c1-7-9(13(16)17)5-8(19-7)6-18-12-10(14)3-2-4-11(12)15/h2-5H,6H2,1H3,(H,16,17). The van der Waals surface area contributed by atoms with E-state index in [4.69, 9.17) is 14.3 Å². The molecule has 0 aliphatic carbocycles. The second-order valence-corrected chi connectivity index (χ2v) is 3.83. The molecule has 0 bridgehead atoms. The van der Waals surface area contributed by atoms with Crippen LogP contribution in [0.15, 0.2) is 28.7 Å². The van der Waals surface area contributed by atoms with Gasteiger partial charge in [-0.1, -0.05) is 6.07 Å². The number of benzene rings is 1. The Morgan fingerprint density at radius 2 is 2.00 bits per heavy atom. The Hall–Kier alpha value is -2.37. The lowest BCUT2D eigenvalue weighted by Gasteiger charge is -2.06. The van der Waals surface area contributed by atoms with E-state index in [0.717, 1.165) is 12.1 Å². The molecule has 0 aliphatic rings. The summed E-state index contributed by atoms with van der Waals surface area (Å²) in [6.07, 6.45) is 0. The number of aromatic carboxylic acids is 1. The van der Waals surface area contributed by atoms with Gasteiger partial charge in [0.25, 0.3) is 0 Å². The summed E-state index contributed by atoms with van der Waals surface area (Å²) >= 11 is 0. The molecule has 0 saturated carbocycles. The Morgan fingerprint density at radius 3 is 2.53 bits per heavy atom. The minimum Gasteiger partial charge on any atom is -0.480 e. The smallest absolute Gasteiger partial charge is 0.339 e. The van der Waals surface area contributed by atoms with Crippen molar-refractivity contribution in [3.63, 3.8) is 0 Å². The highest BCUT2D eigenvalue weighted by atomic mass is 19.1. The highest BCUT2D eigenvalue weighted by Gasteiger charge is 2.15. The van der Waals surface area contributed by atoms with Crippen molar-refractivity contribution in [1.29, 1.82) is 0 Å². The van der Waals surface area contributed by atoms with E-state index in [2.05, 4.69) is 0 Å². The van der Waals surface area contributed by atoms with Crippen molar-refractivity contribution in [2.45, 2.75) is 13.5 Å². The molecule has 0 fully saturated rings. The average Bonchev–Trinajstić information content (AvgIpc) is 2.70. The summed E-state index contributed by atoms with van der Waals surface area (Å²) < 4.78 is 36.6. The third kappa shape index (κ3) is 2.73. The Bertz CT molecular complexity index is 599. The largest absolute Gasteiger partial charge is 0.480 e. The quantitative estimate of drug-likeness (QED) is 0.925. The molecule has 4 nitrogen and oxygen atoms in total. The molecule has 2 aromatic rings. The number of carboxylic acid groups (broad SMARTS) is 1. The Kier molecular flexibility index (Phi) is 3.50. The van der Waals surface area contributed by atoms with E-state index in [1.165, 1.54) is 19.1 Å². The van der Waals surface area contributed by atoms with E-state index in [1.807, 2.05) is 0 Å². The van der Waals surface area contributed by atoms with Crippen LogP contribution in [0.2, 0.25) is 0 Å². The van der Waals surface area contributed by atoms with Crippen LogP contribution in [-0.4, -0.2) is 11.1 Å². The van der Waals surface area contributed by atoms with Gasteiger partial charge in [-0.25, -0.2) is 13.6 Å². The molecule has 1 aromatic carbocycles. The highest BCUT2D eigenvalue weighted by Crippen LogP contribution is 2.23. The van der Waals surface area contributed by atoms with Crippen LogP contribution in [0.4, 0.5) is 8.78 Å². The second kappa shape index (κ2) is 5.09. The summed E-state index contributed by atoms with van der Waals surface area (Å²) in [5.41, 5.74) is -0.00685. The first kappa shape index (κ1) is 13.1. The van der Waals surface area contributed by atoms with E-state index in [1.54, 1.807) is 0 Å². The number of aryl methyl sites for hydroxylation is 1. The van der Waals surface area contributed by atoms with Gasteiger partial charge in [-0.3, -0.25) is 0 Å². The lowest BCUT2D eigenvalue weighted by Crippen LogP contribution is -1.99. The molecule has 100 valence electrons. The van der Waals surface area contributed by atoms with E-state index >= 15 is 0 Å². The zero-order valence-electron chi connectivity index (χ0n) is 9.94. The van der Waals surface area contributed by atoms with Crippen LogP contribution in [0.5, 0.6) is 5.75 Å². The van der Waals surface area contributed by atoms with Gasteiger partial charge >= 0.3 is 5.97 Å². The van der Waals surface area contributed by atoms with Crippen molar-refractivity contribution in [2.24, 2.45) is 0 Å². The molecule has 1 heterocycles. The number of ether oxygens (including phenoxy) is 1. The molecule has 1 N–H and O–H groups in total. The second-order valence-electron chi connectivity index (χ2n) is 3.83. The maximum Gasteiger partial charge on any atom is 0.339 e. The summed E-state index contributed by atoms with van der Waals surface area (Å²) in [5.74, 6) is -2.93. The molecule has 0 spiro atoms. The molecule has 0 atom stereocenters. The number of rotatable bonds is 4. The first-order chi connectivity index (χ1) is 8.99. The average molecular weight is 268 g/mol. The molecule has 2 rings (SSSR count). The number of para-hydroxylation sites is 1. The van der Waals surface area contributed by atoms with Crippen molar-refractivity contribution in [2.75, 3.05) is 0 Å². The van der Waals surface area contributed by atoms with Gasteiger partial charge < -0.3 is 14.3 Å². The van der Waals surface area contributed by atoms with Crippen LogP contribution in [0.3, 0.4) is 0 Å². The highest BCUT2D eigenvalue weighted by molar-refractivity contribution is 5.88. The first-order valence-electron chi connectivity index (χ1n) is 5.38. The van der Waals surface area contributed by atoms with Crippen molar-refractivity contribution >= 4 is 5.97 Å². The van der Waals surface area contributed by atoms with Crippen LogP contribution in [0, 0.1) is 18.6 Å². The molecule has 0 aliphatic heterocycles. The van der Waals surface area contributed by atoms with Gasteiger partial charge in [0.15, 0.2) is 17.4 Å². The zero-order chi connectivity index (χ0) is 14.0. The number of halogens is 2. The number of hydrogen-bond donors (Lipinski definition) is 1. The molecule has 1 aromatic heterocycles. The summed E-state index contributed by atoms with van der Waals surface area (Å²) in [7, 11) is 0. The minimum absolute atomic E-state index is 0.00685. The maximum absolute atomic E-state index is 13.3. The normalized spacial score (nSPS) is 10.5. The lowest BCUT2D eigenvalue weighted by atomic mass is 10.2. The van der Waals surface area contributed by atoms with E-state index < -0.39 is 23.4 Å². The Balaban J connectivity index is 2.15. The summed E-state index contributed by atoms with van der Waals surface area (Å²) in [5, 5.41) is 8.83. The van der Waals surface area contributed by atoms with Crippen LogP contribution >= 0.6 is 0 Å². The molecular weight excluding hydrogens is 258 g/mol. The SMILES string of the molecule is Cc1oc(COc2c(F)cccc2F)cc1C(=O)O. The fraction of sp³-hybridized carbons (Fsp3) is 0.154. The van der Waals surface area contributed by atoms with Gasteiger partial charge in [0.2, 0.25) is 0 Å². The monoisotopic (exact) mass is 268 g/mol. The predicted octanol–water partition coefficient (Wildman–Crippen LogP) is 3.14. The first-order valence-corrected chi connectivity index (χ1v) is 5.38. The van der Waals surface area contributed by atoms with Gasteiger partial charge in [0.05, 0.1) is 0 Å². The van der Waals surface area contributed by atoms with Crippen LogP contribution in [0.1, 0.15) is 21.9 Å². The topological polar surface area (TPSA) is 59.7 Å². The summed E-state index contributed by atoms with van der Waals surface area (Å²) in [6.45, 7) is 1.22. The van der Waals surface area contributed by atoms with Crippen LogP contribution in [0.25, 0.3) is 0 Å². The van der Waals surface area contributed by atoms with Crippen molar-refractivity contribution < 1.29 is 27.8 Å². The summed E-state index contributed by atoms with van der Waals surface area (Å²) in [6, 6.07) is 4.61. The van der Waals surface area contributed by atoms with Crippen molar-refractivity contribution in [1.82, 2.24) is 0 Å². The van der Waals surface area contributed by atoms with Gasteiger partial charge in [0.1, 0.15) is 23.7 Å². The molecule has 0 radical (unpaired) electrons. The van der Waals surface area contributed by atoms with Gasteiger partial charge in [-0.05, 0) is 25.1 Å². The lowest BCUT2D eigenvalue weighted by molar-refractivity contribution is 0.0695. The zero-order valence-corrected chi connectivity index (χ0v) is 9.94. The predicted molar refractivity (Wildman–Crippen MR) is 61.1 cm³/mol. The fourth-order valence-corrected chi connectivity index (χ4v) is 1.59. The van der Waals surface area contributed by atoms with E-state index in [9.17, 15) is 13.6 Å². The van der Waals surface area contributed by atoms with Crippen LogP contribution in [-0.2, 0) is 6.61 Å². The van der Waals surface area contributed by atoms with Gasteiger partial charge in [0, 0.05) is 0 Å². The van der Waals surface area contributed by atoms with E-state index in [-0.39, 0.29) is 23.7 Å². The van der Waals surface area contributed by atoms with Gasteiger partial charge in [-0.15, -0.1) is 0 Å². The molecule has 0 amide bonds. The number of furan rings is 1. The third-order valence-corrected chi connectivity index (χ3v) is 2.48. The minimum atomic E-state index is -1.13. The molecule has 6 heteroatoms. The summed E-state index contributed by atoms with van der Waals surface area (Å²) in [4.78, 5) is 10.8. The maximum atomic E-state index is 13.3. The van der Waals surface area contributed by atoms with E-state index in [0.29, 0.717) is 0 Å². The van der Waals surface area contributed by atoms with Crippen molar-refractivity contribution in [3.05, 3.63) is 53.0 Å². The molecule has 19 heavy (non-hydrogen) atoms. The number of carboxylic acids is 1.